The summed E-state index contributed by atoms with van der Waals surface area (Å²) in [6.07, 6.45) is 1.30. The number of carbonyl (C=O) groups is 1. The molecule has 0 aliphatic carbocycles. The van der Waals surface area contributed by atoms with Gasteiger partial charge < -0.3 is 4.98 Å². The highest BCUT2D eigenvalue weighted by molar-refractivity contribution is 6.36. The monoisotopic (exact) mass is 405 g/mol. The molecule has 0 aliphatic rings. The Hall–Kier alpha value is -3.30. The number of H-pyrrole nitrogens is 1. The first kappa shape index (κ1) is 18.5. The summed E-state index contributed by atoms with van der Waals surface area (Å²) in [5.41, 5.74) is 1.93. The number of nitro benzene ring substituents is 1. The molecule has 0 atom stereocenters. The number of amides is 1. The first-order valence-corrected chi connectivity index (χ1v) is 8.07. The lowest BCUT2D eigenvalue weighted by molar-refractivity contribution is -0.384. The van der Waals surface area contributed by atoms with Crippen molar-refractivity contribution in [2.45, 2.75) is 0 Å². The zero-order valence-electron chi connectivity index (χ0n) is 13.3. The number of aromatic amines is 1. The molecule has 2 aromatic carbocycles. The zero-order chi connectivity index (χ0) is 19.6. The Morgan fingerprint density at radius 1 is 1.26 bits per heavy atom. The Labute approximate surface area is 160 Å². The minimum Gasteiger partial charge on any atom is -0.302 e. The van der Waals surface area contributed by atoms with Crippen LogP contribution in [0.2, 0.25) is 10.0 Å². The van der Waals surface area contributed by atoms with E-state index in [1.54, 1.807) is 12.1 Å². The standard InChI is InChI=1S/C16H9Cl2N5O4/c17-9-2-1-8(12(18)5-9)7-19-22-16(25)14-20-13-4-3-10(23(26)27)6-11(13)15(24)21-14/h1-7H,(H,22,25)(H,20,21,24). The van der Waals surface area contributed by atoms with Crippen LogP contribution < -0.4 is 11.0 Å². The number of fused-ring (bicyclic) bond motifs is 1. The predicted molar refractivity (Wildman–Crippen MR) is 101 cm³/mol. The Balaban J connectivity index is 1.83. The number of aromatic nitrogens is 2. The second-order valence-corrected chi connectivity index (χ2v) is 6.08. The molecular weight excluding hydrogens is 397 g/mol. The molecule has 0 radical (unpaired) electrons. The molecule has 1 amide bonds. The Morgan fingerprint density at radius 2 is 2.04 bits per heavy atom. The zero-order valence-corrected chi connectivity index (χ0v) is 14.8. The van der Waals surface area contributed by atoms with E-state index in [0.29, 0.717) is 15.6 Å². The fraction of sp³-hybridized carbons (Fsp3) is 0. The average molecular weight is 406 g/mol. The van der Waals surface area contributed by atoms with Crippen molar-refractivity contribution in [3.8, 4) is 0 Å². The van der Waals surface area contributed by atoms with Gasteiger partial charge in [0.25, 0.3) is 11.2 Å². The van der Waals surface area contributed by atoms with Gasteiger partial charge in [-0.15, -0.1) is 0 Å². The van der Waals surface area contributed by atoms with Crippen LogP contribution in [0.3, 0.4) is 0 Å². The maximum atomic E-state index is 12.1. The van der Waals surface area contributed by atoms with Gasteiger partial charge in [0.05, 0.1) is 27.1 Å². The van der Waals surface area contributed by atoms with Crippen LogP contribution in [-0.2, 0) is 0 Å². The Morgan fingerprint density at radius 3 is 2.74 bits per heavy atom. The number of non-ortho nitro benzene ring substituents is 1. The summed E-state index contributed by atoms with van der Waals surface area (Å²) in [6, 6.07) is 8.31. The lowest BCUT2D eigenvalue weighted by Gasteiger charge is -2.02. The second kappa shape index (κ2) is 7.52. The lowest BCUT2D eigenvalue weighted by atomic mass is 10.2. The van der Waals surface area contributed by atoms with Crippen LogP contribution in [0, 0.1) is 10.1 Å². The van der Waals surface area contributed by atoms with E-state index in [1.165, 1.54) is 24.4 Å². The molecule has 1 aromatic heterocycles. The smallest absolute Gasteiger partial charge is 0.302 e. The molecule has 27 heavy (non-hydrogen) atoms. The molecule has 3 aromatic rings. The number of nitrogens with one attached hydrogen (secondary N) is 2. The third-order valence-electron chi connectivity index (χ3n) is 3.45. The number of carbonyl (C=O) groups excluding carboxylic acids is 1. The summed E-state index contributed by atoms with van der Waals surface area (Å²) in [7, 11) is 0. The van der Waals surface area contributed by atoms with Gasteiger partial charge in [-0.3, -0.25) is 19.7 Å². The highest BCUT2D eigenvalue weighted by Gasteiger charge is 2.14. The highest BCUT2D eigenvalue weighted by Crippen LogP contribution is 2.19. The minimum absolute atomic E-state index is 0.00260. The molecule has 0 aliphatic heterocycles. The number of halogens is 2. The van der Waals surface area contributed by atoms with E-state index in [4.69, 9.17) is 23.2 Å². The molecule has 11 heteroatoms. The van der Waals surface area contributed by atoms with Crippen LogP contribution in [0.1, 0.15) is 16.2 Å². The van der Waals surface area contributed by atoms with E-state index in [1.807, 2.05) is 0 Å². The first-order chi connectivity index (χ1) is 12.8. The predicted octanol–water partition coefficient (Wildman–Crippen LogP) is 2.90. The molecule has 1 heterocycles. The number of nitrogens with zero attached hydrogens (tertiary/aromatic N) is 3. The number of nitro groups is 1. The fourth-order valence-electron chi connectivity index (χ4n) is 2.17. The molecule has 0 saturated carbocycles. The van der Waals surface area contributed by atoms with Gasteiger partial charge in [0.2, 0.25) is 5.82 Å². The van der Waals surface area contributed by atoms with E-state index >= 15 is 0 Å². The maximum absolute atomic E-state index is 12.1. The molecule has 9 nitrogen and oxygen atoms in total. The van der Waals surface area contributed by atoms with Crippen molar-refractivity contribution >= 4 is 51.9 Å². The summed E-state index contributed by atoms with van der Waals surface area (Å²) in [6.45, 7) is 0. The summed E-state index contributed by atoms with van der Waals surface area (Å²) in [4.78, 5) is 40.6. The van der Waals surface area contributed by atoms with Crippen LogP contribution in [0.5, 0.6) is 0 Å². The summed E-state index contributed by atoms with van der Waals surface area (Å²) in [5, 5.41) is 15.3. The Kier molecular flexibility index (Phi) is 5.15. The van der Waals surface area contributed by atoms with Gasteiger partial charge >= 0.3 is 5.91 Å². The van der Waals surface area contributed by atoms with Crippen LogP contribution >= 0.6 is 23.2 Å². The molecular formula is C16H9Cl2N5O4. The van der Waals surface area contributed by atoms with Crippen molar-refractivity contribution < 1.29 is 9.72 Å². The van der Waals surface area contributed by atoms with Crippen molar-refractivity contribution in [3.05, 3.63) is 78.3 Å². The number of hydrazone groups is 1. The van der Waals surface area contributed by atoms with Gasteiger partial charge in [0, 0.05) is 22.7 Å². The second-order valence-electron chi connectivity index (χ2n) is 5.24. The summed E-state index contributed by atoms with van der Waals surface area (Å²) in [5.74, 6) is -1.06. The van der Waals surface area contributed by atoms with E-state index in [2.05, 4.69) is 20.5 Å². The summed E-state index contributed by atoms with van der Waals surface area (Å²) < 4.78 is 0. The fourth-order valence-corrected chi connectivity index (χ4v) is 2.62. The number of hydrogen-bond acceptors (Lipinski definition) is 6. The van der Waals surface area contributed by atoms with E-state index in [0.717, 1.165) is 6.07 Å². The van der Waals surface area contributed by atoms with E-state index in [-0.39, 0.29) is 22.4 Å². The maximum Gasteiger partial charge on any atom is 0.307 e. The van der Waals surface area contributed by atoms with Crippen molar-refractivity contribution in [2.24, 2.45) is 5.10 Å². The van der Waals surface area contributed by atoms with Gasteiger partial charge in [0.15, 0.2) is 0 Å². The van der Waals surface area contributed by atoms with E-state index < -0.39 is 16.4 Å². The van der Waals surface area contributed by atoms with Gasteiger partial charge in [0.1, 0.15) is 0 Å². The largest absolute Gasteiger partial charge is 0.307 e. The van der Waals surface area contributed by atoms with E-state index in [9.17, 15) is 19.7 Å². The Bertz CT molecular complexity index is 1160. The molecule has 0 bridgehead atoms. The molecule has 2 N–H and O–H groups in total. The molecule has 0 saturated heterocycles. The molecule has 3 rings (SSSR count). The number of hydrogen-bond donors (Lipinski definition) is 2. The van der Waals surface area contributed by atoms with Crippen molar-refractivity contribution in [2.75, 3.05) is 0 Å². The lowest BCUT2D eigenvalue weighted by Crippen LogP contribution is -2.24. The molecule has 136 valence electrons. The number of rotatable bonds is 4. The van der Waals surface area contributed by atoms with Crippen LogP contribution in [-0.4, -0.2) is 27.0 Å². The minimum atomic E-state index is -0.770. The quantitative estimate of drug-likeness (QED) is 0.391. The van der Waals surface area contributed by atoms with Crippen molar-refractivity contribution in [1.29, 1.82) is 0 Å². The molecule has 0 unspecified atom stereocenters. The van der Waals surface area contributed by atoms with Crippen LogP contribution in [0.4, 0.5) is 5.69 Å². The normalized spacial score (nSPS) is 11.0. The molecule has 0 spiro atoms. The summed E-state index contributed by atoms with van der Waals surface area (Å²) >= 11 is 11.8. The van der Waals surface area contributed by atoms with Crippen LogP contribution in [0.15, 0.2) is 46.3 Å². The van der Waals surface area contributed by atoms with Gasteiger partial charge in [-0.2, -0.15) is 5.10 Å². The third-order valence-corrected chi connectivity index (χ3v) is 4.01. The highest BCUT2D eigenvalue weighted by atomic mass is 35.5. The number of benzene rings is 2. The topological polar surface area (TPSA) is 130 Å². The van der Waals surface area contributed by atoms with Crippen LogP contribution in [0.25, 0.3) is 10.9 Å². The third kappa shape index (κ3) is 4.10. The van der Waals surface area contributed by atoms with Gasteiger partial charge in [-0.25, -0.2) is 10.4 Å². The first-order valence-electron chi connectivity index (χ1n) is 7.32. The average Bonchev–Trinajstić information content (AvgIpc) is 2.63. The van der Waals surface area contributed by atoms with Crippen molar-refractivity contribution in [1.82, 2.24) is 15.4 Å². The van der Waals surface area contributed by atoms with Crippen molar-refractivity contribution in [3.63, 3.8) is 0 Å². The van der Waals surface area contributed by atoms with Gasteiger partial charge in [-0.1, -0.05) is 29.3 Å². The SMILES string of the molecule is O=C(NN=Cc1ccc(Cl)cc1Cl)c1nc2ccc([N+](=O)[O-])cc2c(=O)[nH]1. The van der Waals surface area contributed by atoms with Gasteiger partial charge in [-0.05, 0) is 18.2 Å². The molecule has 0 fully saturated rings.